The molecule has 1 aromatic carbocycles. The van der Waals surface area contributed by atoms with Crippen molar-refractivity contribution in [2.24, 2.45) is 0 Å². The summed E-state index contributed by atoms with van der Waals surface area (Å²) in [6.07, 6.45) is 1.63. The van der Waals surface area contributed by atoms with Gasteiger partial charge in [0.05, 0.1) is 11.8 Å². The highest BCUT2D eigenvalue weighted by Crippen LogP contribution is 2.21. The minimum Gasteiger partial charge on any atom is -0.342 e. The van der Waals surface area contributed by atoms with Crippen molar-refractivity contribution in [3.8, 4) is 0 Å². The van der Waals surface area contributed by atoms with E-state index in [1.54, 1.807) is 35.8 Å². The number of halogens is 1. The van der Waals surface area contributed by atoms with Crippen LogP contribution in [0, 0.1) is 0 Å². The zero-order chi connectivity index (χ0) is 20.8. The highest BCUT2D eigenvalue weighted by Gasteiger charge is 2.20. The lowest BCUT2D eigenvalue weighted by Crippen LogP contribution is -2.28. The Morgan fingerprint density at radius 2 is 2.03 bits per heavy atom. The van der Waals surface area contributed by atoms with Crippen molar-refractivity contribution in [2.45, 2.75) is 31.6 Å². The number of thiazole rings is 1. The van der Waals surface area contributed by atoms with Gasteiger partial charge in [0, 0.05) is 28.7 Å². The number of anilines is 1. The number of rotatable bonds is 8. The van der Waals surface area contributed by atoms with E-state index in [-0.39, 0.29) is 23.6 Å². The van der Waals surface area contributed by atoms with Crippen molar-refractivity contribution >= 4 is 51.6 Å². The molecule has 2 heterocycles. The smallest absolute Gasteiger partial charge is 0.251 e. The summed E-state index contributed by atoms with van der Waals surface area (Å²) in [6, 6.07) is 6.31. The van der Waals surface area contributed by atoms with Gasteiger partial charge in [-0.2, -0.15) is 0 Å². The molecule has 0 bridgehead atoms. The molecular formula is C18H19ClN6O2S2. The Morgan fingerprint density at radius 1 is 1.28 bits per heavy atom. The molecule has 3 aromatic rings. The molecule has 152 valence electrons. The molecule has 0 unspecified atom stereocenters. The lowest BCUT2D eigenvalue weighted by atomic mass is 10.2. The van der Waals surface area contributed by atoms with Crippen LogP contribution in [0.2, 0.25) is 5.02 Å². The fourth-order valence-electron chi connectivity index (χ4n) is 2.54. The lowest BCUT2D eigenvalue weighted by molar-refractivity contribution is -0.113. The molecular weight excluding hydrogens is 432 g/mol. The fourth-order valence-corrected chi connectivity index (χ4v) is 4.02. The number of nitrogens with one attached hydrogen (secondary N) is 2. The van der Waals surface area contributed by atoms with Crippen molar-refractivity contribution in [1.82, 2.24) is 25.1 Å². The molecule has 0 aliphatic carbocycles. The van der Waals surface area contributed by atoms with Crippen molar-refractivity contribution in [3.05, 3.63) is 52.3 Å². The molecule has 8 nitrogen and oxygen atoms in total. The Labute approximate surface area is 181 Å². The minimum atomic E-state index is -0.357. The Balaban J connectivity index is 1.62. The molecule has 0 fully saturated rings. The van der Waals surface area contributed by atoms with Crippen molar-refractivity contribution in [2.75, 3.05) is 11.1 Å². The Kier molecular flexibility index (Phi) is 7.24. The third-order valence-corrected chi connectivity index (χ3v) is 5.82. The molecule has 0 radical (unpaired) electrons. The molecule has 3 rings (SSSR count). The van der Waals surface area contributed by atoms with E-state index in [1.807, 2.05) is 18.4 Å². The van der Waals surface area contributed by atoms with E-state index >= 15 is 0 Å². The third-order valence-electron chi connectivity index (χ3n) is 3.91. The number of hydrogen-bond acceptors (Lipinski definition) is 7. The summed E-state index contributed by atoms with van der Waals surface area (Å²) in [7, 11) is 0. The van der Waals surface area contributed by atoms with E-state index in [4.69, 9.17) is 11.6 Å². The Morgan fingerprint density at radius 3 is 2.69 bits per heavy atom. The zero-order valence-corrected chi connectivity index (χ0v) is 18.1. The largest absolute Gasteiger partial charge is 0.342 e. The number of thioether (sulfide) groups is 1. The normalized spacial score (nSPS) is 11.8. The van der Waals surface area contributed by atoms with Crippen LogP contribution in [-0.4, -0.2) is 37.3 Å². The number of aromatic nitrogens is 4. The maximum atomic E-state index is 12.4. The van der Waals surface area contributed by atoms with Crippen LogP contribution in [0.1, 0.15) is 36.1 Å². The van der Waals surface area contributed by atoms with Crippen LogP contribution in [0.3, 0.4) is 0 Å². The summed E-state index contributed by atoms with van der Waals surface area (Å²) in [6.45, 7) is 4.41. The van der Waals surface area contributed by atoms with Gasteiger partial charge in [0.15, 0.2) is 16.1 Å². The standard InChI is InChI=1S/C18H19ClN6O2S2/c1-3-25-15(11(2)21-16(27)12-4-6-13(19)7-5-12)23-24-18(25)29-10-14(26)22-17-20-8-9-28-17/h4-9,11H,3,10H2,1-2H3,(H,21,27)(H,20,22,26)/t11-/m0/s1. The van der Waals surface area contributed by atoms with Gasteiger partial charge in [-0.15, -0.1) is 21.5 Å². The number of benzene rings is 1. The number of nitrogens with zero attached hydrogens (tertiary/aromatic N) is 4. The van der Waals surface area contributed by atoms with E-state index in [9.17, 15) is 9.59 Å². The maximum absolute atomic E-state index is 12.4. The van der Waals surface area contributed by atoms with E-state index in [0.29, 0.717) is 33.2 Å². The number of amides is 2. The second-order valence-electron chi connectivity index (χ2n) is 5.96. The molecule has 0 saturated heterocycles. The molecule has 0 aliphatic heterocycles. The lowest BCUT2D eigenvalue weighted by Gasteiger charge is -2.15. The average molecular weight is 451 g/mol. The quantitative estimate of drug-likeness (QED) is 0.508. The Bertz CT molecular complexity index is 975. The molecule has 0 spiro atoms. The maximum Gasteiger partial charge on any atom is 0.251 e. The molecule has 1 atom stereocenters. The fraction of sp³-hybridized carbons (Fsp3) is 0.278. The third kappa shape index (κ3) is 5.55. The first-order chi connectivity index (χ1) is 14.0. The first-order valence-electron chi connectivity index (χ1n) is 8.79. The second kappa shape index (κ2) is 9.86. The molecule has 2 N–H and O–H groups in total. The van der Waals surface area contributed by atoms with E-state index in [2.05, 4.69) is 25.8 Å². The van der Waals surface area contributed by atoms with Gasteiger partial charge in [-0.05, 0) is 38.1 Å². The van der Waals surface area contributed by atoms with Crippen molar-refractivity contribution < 1.29 is 9.59 Å². The van der Waals surface area contributed by atoms with E-state index in [1.165, 1.54) is 23.1 Å². The summed E-state index contributed by atoms with van der Waals surface area (Å²) < 4.78 is 1.88. The van der Waals surface area contributed by atoms with Crippen LogP contribution >= 0.6 is 34.7 Å². The van der Waals surface area contributed by atoms with Crippen LogP contribution < -0.4 is 10.6 Å². The number of carbonyl (C=O) groups excluding carboxylic acids is 2. The van der Waals surface area contributed by atoms with Crippen LogP contribution in [0.5, 0.6) is 0 Å². The first-order valence-corrected chi connectivity index (χ1v) is 11.0. The SMILES string of the molecule is CCn1c(SCC(=O)Nc2nccs2)nnc1[C@H](C)NC(=O)c1ccc(Cl)cc1. The van der Waals surface area contributed by atoms with Gasteiger partial charge in [0.1, 0.15) is 0 Å². The summed E-state index contributed by atoms with van der Waals surface area (Å²) in [5.74, 6) is 0.416. The van der Waals surface area contributed by atoms with Gasteiger partial charge in [0.2, 0.25) is 5.91 Å². The Hall–Kier alpha value is -2.43. The predicted octanol–water partition coefficient (Wildman–Crippen LogP) is 3.63. The van der Waals surface area contributed by atoms with Gasteiger partial charge < -0.3 is 15.2 Å². The van der Waals surface area contributed by atoms with Crippen LogP contribution in [0.15, 0.2) is 41.0 Å². The van der Waals surface area contributed by atoms with E-state index < -0.39 is 0 Å². The monoisotopic (exact) mass is 450 g/mol. The van der Waals surface area contributed by atoms with Gasteiger partial charge >= 0.3 is 0 Å². The molecule has 2 aromatic heterocycles. The molecule has 29 heavy (non-hydrogen) atoms. The van der Waals surface area contributed by atoms with Gasteiger partial charge in [-0.1, -0.05) is 23.4 Å². The predicted molar refractivity (Wildman–Crippen MR) is 114 cm³/mol. The van der Waals surface area contributed by atoms with Crippen LogP contribution in [-0.2, 0) is 11.3 Å². The average Bonchev–Trinajstić information content (AvgIpc) is 3.36. The molecule has 2 amide bonds. The summed E-state index contributed by atoms with van der Waals surface area (Å²) in [5.41, 5.74) is 0.511. The number of hydrogen-bond donors (Lipinski definition) is 2. The van der Waals surface area contributed by atoms with Crippen molar-refractivity contribution in [3.63, 3.8) is 0 Å². The topological polar surface area (TPSA) is 102 Å². The van der Waals surface area contributed by atoms with Gasteiger partial charge in [0.25, 0.3) is 5.91 Å². The summed E-state index contributed by atoms with van der Waals surface area (Å²) >= 11 is 8.51. The minimum absolute atomic E-state index is 0.166. The second-order valence-corrected chi connectivity index (χ2v) is 8.23. The first kappa shape index (κ1) is 21.3. The zero-order valence-electron chi connectivity index (χ0n) is 15.8. The summed E-state index contributed by atoms with van der Waals surface area (Å²) in [4.78, 5) is 28.5. The molecule has 11 heteroatoms. The number of carbonyl (C=O) groups is 2. The van der Waals surface area contributed by atoms with Gasteiger partial charge in [-0.3, -0.25) is 9.59 Å². The van der Waals surface area contributed by atoms with Crippen LogP contribution in [0.25, 0.3) is 0 Å². The highest BCUT2D eigenvalue weighted by molar-refractivity contribution is 7.99. The molecule has 0 saturated carbocycles. The van der Waals surface area contributed by atoms with E-state index in [0.717, 1.165) is 0 Å². The molecule has 0 aliphatic rings. The van der Waals surface area contributed by atoms with Crippen LogP contribution in [0.4, 0.5) is 5.13 Å². The summed E-state index contributed by atoms with van der Waals surface area (Å²) in [5, 5.41) is 17.6. The highest BCUT2D eigenvalue weighted by atomic mass is 35.5. The van der Waals surface area contributed by atoms with Crippen molar-refractivity contribution in [1.29, 1.82) is 0 Å². The van der Waals surface area contributed by atoms with Gasteiger partial charge in [-0.25, -0.2) is 4.98 Å².